The summed E-state index contributed by atoms with van der Waals surface area (Å²) < 4.78 is 1.84. The second-order valence-electron chi connectivity index (χ2n) is 5.04. The number of pyridine rings is 1. The molecule has 4 aromatic rings. The lowest BCUT2D eigenvalue weighted by molar-refractivity contribution is 0.800. The van der Waals surface area contributed by atoms with E-state index in [-0.39, 0.29) is 0 Å². The summed E-state index contributed by atoms with van der Waals surface area (Å²) >= 11 is 6.03. The van der Waals surface area contributed by atoms with Crippen molar-refractivity contribution in [1.82, 2.24) is 14.8 Å². The molecule has 4 heteroatoms. The van der Waals surface area contributed by atoms with Crippen molar-refractivity contribution in [3.8, 4) is 11.3 Å². The average Bonchev–Trinajstić information content (AvgIpc) is 2.83. The van der Waals surface area contributed by atoms with Crippen LogP contribution in [0.4, 0.5) is 0 Å². The van der Waals surface area contributed by atoms with Crippen molar-refractivity contribution in [2.75, 3.05) is 0 Å². The topological polar surface area (TPSA) is 30.7 Å². The molecular formula is C17H12ClN3. The lowest BCUT2D eigenvalue weighted by atomic mass is 10.0. The van der Waals surface area contributed by atoms with Crippen molar-refractivity contribution < 1.29 is 0 Å². The quantitative estimate of drug-likeness (QED) is 0.486. The van der Waals surface area contributed by atoms with Crippen LogP contribution < -0.4 is 0 Å². The third kappa shape index (κ3) is 1.98. The van der Waals surface area contributed by atoms with Crippen LogP contribution >= 0.6 is 11.6 Å². The molecule has 0 radical (unpaired) electrons. The van der Waals surface area contributed by atoms with Crippen molar-refractivity contribution in [2.45, 2.75) is 0 Å². The third-order valence-electron chi connectivity index (χ3n) is 3.69. The molecule has 2 aromatic heterocycles. The Balaban J connectivity index is 2.01. The van der Waals surface area contributed by atoms with Crippen molar-refractivity contribution in [2.24, 2.45) is 7.05 Å². The second kappa shape index (κ2) is 4.57. The van der Waals surface area contributed by atoms with Gasteiger partial charge in [-0.2, -0.15) is 5.10 Å². The first kappa shape index (κ1) is 12.4. The van der Waals surface area contributed by atoms with Gasteiger partial charge in [0.05, 0.1) is 5.52 Å². The number of halogens is 1. The van der Waals surface area contributed by atoms with E-state index in [1.807, 2.05) is 29.9 Å². The van der Waals surface area contributed by atoms with Gasteiger partial charge in [0.2, 0.25) is 0 Å². The highest BCUT2D eigenvalue weighted by Gasteiger charge is 2.12. The zero-order chi connectivity index (χ0) is 14.4. The minimum Gasteiger partial charge on any atom is -0.266 e. The number of aryl methyl sites for hydroxylation is 1. The molecule has 2 heterocycles. The van der Waals surface area contributed by atoms with E-state index in [0.717, 1.165) is 22.3 Å². The first-order chi connectivity index (χ1) is 10.2. The summed E-state index contributed by atoms with van der Waals surface area (Å²) in [6.45, 7) is 0. The Labute approximate surface area is 126 Å². The normalized spacial score (nSPS) is 11.3. The highest BCUT2D eigenvalue weighted by atomic mass is 35.5. The van der Waals surface area contributed by atoms with Gasteiger partial charge in [-0.25, -0.2) is 4.98 Å². The van der Waals surface area contributed by atoms with Gasteiger partial charge < -0.3 is 0 Å². The zero-order valence-electron chi connectivity index (χ0n) is 11.4. The SMILES string of the molecule is Cn1nc(-c2ccc3ccccc3c2)c2nc(Cl)ccc21. The van der Waals surface area contributed by atoms with E-state index in [9.17, 15) is 0 Å². The van der Waals surface area contributed by atoms with Gasteiger partial charge in [-0.1, -0.05) is 48.0 Å². The van der Waals surface area contributed by atoms with E-state index in [1.165, 1.54) is 10.8 Å². The highest BCUT2D eigenvalue weighted by Crippen LogP contribution is 2.29. The number of aromatic nitrogens is 3. The molecule has 2 aromatic carbocycles. The monoisotopic (exact) mass is 293 g/mol. The number of hydrogen-bond acceptors (Lipinski definition) is 2. The summed E-state index contributed by atoms with van der Waals surface area (Å²) in [4.78, 5) is 4.43. The van der Waals surface area contributed by atoms with Crippen LogP contribution in [0.15, 0.2) is 54.6 Å². The minimum absolute atomic E-state index is 0.484. The van der Waals surface area contributed by atoms with Gasteiger partial charge in [-0.15, -0.1) is 0 Å². The van der Waals surface area contributed by atoms with Crippen LogP contribution in [0.5, 0.6) is 0 Å². The van der Waals surface area contributed by atoms with Crippen LogP contribution in [0.2, 0.25) is 5.15 Å². The van der Waals surface area contributed by atoms with E-state index in [0.29, 0.717) is 5.15 Å². The summed E-state index contributed by atoms with van der Waals surface area (Å²) in [6.07, 6.45) is 0. The fourth-order valence-corrected chi connectivity index (χ4v) is 2.79. The fraction of sp³-hybridized carbons (Fsp3) is 0.0588. The smallest absolute Gasteiger partial charge is 0.130 e. The van der Waals surface area contributed by atoms with Crippen molar-refractivity contribution in [3.63, 3.8) is 0 Å². The summed E-state index contributed by atoms with van der Waals surface area (Å²) in [5, 5.41) is 7.49. The van der Waals surface area contributed by atoms with Gasteiger partial charge in [0.25, 0.3) is 0 Å². The third-order valence-corrected chi connectivity index (χ3v) is 3.90. The molecule has 0 saturated carbocycles. The Bertz CT molecular complexity index is 972. The number of rotatable bonds is 1. The predicted octanol–water partition coefficient (Wildman–Crippen LogP) is 4.44. The van der Waals surface area contributed by atoms with Gasteiger partial charge in [0, 0.05) is 12.6 Å². The molecule has 0 fully saturated rings. The molecule has 4 rings (SSSR count). The first-order valence-electron chi connectivity index (χ1n) is 6.71. The maximum absolute atomic E-state index is 6.03. The maximum Gasteiger partial charge on any atom is 0.130 e. The number of nitrogens with zero attached hydrogens (tertiary/aromatic N) is 3. The van der Waals surface area contributed by atoms with Crippen molar-refractivity contribution in [1.29, 1.82) is 0 Å². The van der Waals surface area contributed by atoms with E-state index < -0.39 is 0 Å². The van der Waals surface area contributed by atoms with Crippen molar-refractivity contribution in [3.05, 3.63) is 59.8 Å². The molecular weight excluding hydrogens is 282 g/mol. The first-order valence-corrected chi connectivity index (χ1v) is 7.08. The fourth-order valence-electron chi connectivity index (χ4n) is 2.65. The molecule has 0 amide bonds. The molecule has 0 spiro atoms. The summed E-state index contributed by atoms with van der Waals surface area (Å²) in [5.41, 5.74) is 3.72. The molecule has 0 aliphatic carbocycles. The number of benzene rings is 2. The molecule has 0 unspecified atom stereocenters. The summed E-state index contributed by atoms with van der Waals surface area (Å²) in [7, 11) is 1.92. The van der Waals surface area contributed by atoms with E-state index >= 15 is 0 Å². The Morgan fingerprint density at radius 2 is 1.76 bits per heavy atom. The van der Waals surface area contributed by atoms with Gasteiger partial charge in [-0.05, 0) is 29.0 Å². The highest BCUT2D eigenvalue weighted by molar-refractivity contribution is 6.29. The van der Waals surface area contributed by atoms with E-state index in [2.05, 4.69) is 40.4 Å². The molecule has 3 nitrogen and oxygen atoms in total. The van der Waals surface area contributed by atoms with Crippen LogP contribution in [0, 0.1) is 0 Å². The largest absolute Gasteiger partial charge is 0.266 e. The van der Waals surface area contributed by atoms with Gasteiger partial charge in [0.15, 0.2) is 0 Å². The summed E-state index contributed by atoms with van der Waals surface area (Å²) in [6, 6.07) is 18.3. The molecule has 0 aliphatic rings. The standard InChI is InChI=1S/C17H12ClN3/c1-21-14-8-9-15(18)19-17(14)16(20-21)13-7-6-11-4-2-3-5-12(11)10-13/h2-10H,1H3. The maximum atomic E-state index is 6.03. The Morgan fingerprint density at radius 1 is 0.952 bits per heavy atom. The van der Waals surface area contributed by atoms with Gasteiger partial charge >= 0.3 is 0 Å². The van der Waals surface area contributed by atoms with E-state index in [4.69, 9.17) is 11.6 Å². The molecule has 0 bridgehead atoms. The predicted molar refractivity (Wildman–Crippen MR) is 86.5 cm³/mol. The second-order valence-corrected chi connectivity index (χ2v) is 5.42. The van der Waals surface area contributed by atoms with Crippen LogP contribution in [-0.4, -0.2) is 14.8 Å². The number of hydrogen-bond donors (Lipinski definition) is 0. The van der Waals surface area contributed by atoms with Crippen LogP contribution in [0.25, 0.3) is 33.1 Å². The van der Waals surface area contributed by atoms with Gasteiger partial charge in [-0.3, -0.25) is 4.68 Å². The van der Waals surface area contributed by atoms with E-state index in [1.54, 1.807) is 6.07 Å². The van der Waals surface area contributed by atoms with Gasteiger partial charge in [0.1, 0.15) is 16.4 Å². The molecule has 0 atom stereocenters. The molecule has 102 valence electrons. The Hall–Kier alpha value is -2.39. The number of fused-ring (bicyclic) bond motifs is 2. The molecule has 0 saturated heterocycles. The zero-order valence-corrected chi connectivity index (χ0v) is 12.2. The lowest BCUT2D eigenvalue weighted by Crippen LogP contribution is -1.89. The molecule has 0 N–H and O–H groups in total. The molecule has 21 heavy (non-hydrogen) atoms. The Kier molecular flexibility index (Phi) is 2.69. The minimum atomic E-state index is 0.484. The van der Waals surface area contributed by atoms with Crippen molar-refractivity contribution >= 4 is 33.4 Å². The van der Waals surface area contributed by atoms with Crippen LogP contribution in [0.1, 0.15) is 0 Å². The Morgan fingerprint density at radius 3 is 2.62 bits per heavy atom. The van der Waals surface area contributed by atoms with Crippen LogP contribution in [-0.2, 0) is 7.05 Å². The summed E-state index contributed by atoms with van der Waals surface area (Å²) in [5.74, 6) is 0. The van der Waals surface area contributed by atoms with Crippen LogP contribution in [0.3, 0.4) is 0 Å². The lowest BCUT2D eigenvalue weighted by Gasteiger charge is -2.01. The molecule has 0 aliphatic heterocycles. The average molecular weight is 294 g/mol.